The normalized spacial score (nSPS) is 18.9. The molecular formula is C16H29N3S. The molecule has 0 spiro atoms. The third-order valence-electron chi connectivity index (χ3n) is 4.22. The highest BCUT2D eigenvalue weighted by atomic mass is 32.1. The van der Waals surface area contributed by atoms with E-state index in [9.17, 15) is 0 Å². The lowest BCUT2D eigenvalue weighted by atomic mass is 10.2. The van der Waals surface area contributed by atoms with Crippen LogP contribution in [0.1, 0.15) is 61.5 Å². The van der Waals surface area contributed by atoms with E-state index in [4.69, 9.17) is 4.98 Å². The number of thiazole rings is 1. The molecule has 0 bridgehead atoms. The Balaban J connectivity index is 1.89. The first-order valence-corrected chi connectivity index (χ1v) is 8.91. The van der Waals surface area contributed by atoms with Gasteiger partial charge in [-0.1, -0.05) is 19.8 Å². The van der Waals surface area contributed by atoms with Gasteiger partial charge >= 0.3 is 0 Å². The number of aromatic nitrogens is 1. The summed E-state index contributed by atoms with van der Waals surface area (Å²) >= 11 is 1.90. The Morgan fingerprint density at radius 1 is 1.25 bits per heavy atom. The van der Waals surface area contributed by atoms with Crippen LogP contribution in [0, 0.1) is 6.92 Å². The first-order chi connectivity index (χ1) is 9.69. The predicted octanol–water partition coefficient (Wildman–Crippen LogP) is 3.72. The maximum atomic E-state index is 4.78. The van der Waals surface area contributed by atoms with Crippen molar-refractivity contribution < 1.29 is 0 Å². The van der Waals surface area contributed by atoms with Crippen molar-refractivity contribution in [2.45, 2.75) is 72.0 Å². The van der Waals surface area contributed by atoms with Crippen molar-refractivity contribution in [2.75, 3.05) is 13.1 Å². The second-order valence-electron chi connectivity index (χ2n) is 6.00. The first-order valence-electron chi connectivity index (χ1n) is 8.10. The molecule has 0 aromatic carbocycles. The smallest absolute Gasteiger partial charge is 0.107 e. The van der Waals surface area contributed by atoms with E-state index in [0.717, 1.165) is 13.1 Å². The monoisotopic (exact) mass is 295 g/mol. The molecule has 1 atom stereocenters. The summed E-state index contributed by atoms with van der Waals surface area (Å²) in [7, 11) is 0. The van der Waals surface area contributed by atoms with Crippen molar-refractivity contribution >= 4 is 11.3 Å². The van der Waals surface area contributed by atoms with Crippen LogP contribution in [-0.4, -0.2) is 29.0 Å². The lowest BCUT2D eigenvalue weighted by Crippen LogP contribution is -2.24. The van der Waals surface area contributed by atoms with Crippen LogP contribution in [0.2, 0.25) is 0 Å². The molecule has 1 fully saturated rings. The Hall–Kier alpha value is -0.450. The standard InChI is InChI=1S/C16H29N3S/c1-4-13(2)17-11-15-14(3)18-16(20-15)12-19-9-7-5-6-8-10-19/h13,17H,4-12H2,1-3H3. The van der Waals surface area contributed by atoms with E-state index in [2.05, 4.69) is 31.0 Å². The third kappa shape index (κ3) is 4.83. The van der Waals surface area contributed by atoms with Gasteiger partial charge in [-0.3, -0.25) is 4.90 Å². The molecule has 114 valence electrons. The van der Waals surface area contributed by atoms with Gasteiger partial charge in [-0.2, -0.15) is 0 Å². The van der Waals surface area contributed by atoms with Crippen molar-refractivity contribution in [1.29, 1.82) is 0 Å². The zero-order valence-electron chi connectivity index (χ0n) is 13.2. The molecule has 1 saturated heterocycles. The predicted molar refractivity (Wildman–Crippen MR) is 87.2 cm³/mol. The van der Waals surface area contributed by atoms with Crippen molar-refractivity contribution in [1.82, 2.24) is 15.2 Å². The lowest BCUT2D eigenvalue weighted by molar-refractivity contribution is 0.276. The molecule has 1 N–H and O–H groups in total. The molecule has 0 aliphatic carbocycles. The summed E-state index contributed by atoms with van der Waals surface area (Å²) in [6, 6.07) is 0.588. The third-order valence-corrected chi connectivity index (χ3v) is 5.36. The quantitative estimate of drug-likeness (QED) is 0.867. The van der Waals surface area contributed by atoms with Gasteiger partial charge in [0.1, 0.15) is 5.01 Å². The first kappa shape index (κ1) is 15.9. The summed E-state index contributed by atoms with van der Waals surface area (Å²) in [5, 5.41) is 4.87. The molecular weight excluding hydrogens is 266 g/mol. The Morgan fingerprint density at radius 2 is 1.95 bits per heavy atom. The van der Waals surface area contributed by atoms with Gasteiger partial charge in [0.15, 0.2) is 0 Å². The molecule has 1 aliphatic rings. The van der Waals surface area contributed by atoms with Crippen LogP contribution in [-0.2, 0) is 13.1 Å². The summed E-state index contributed by atoms with van der Waals surface area (Å²) in [4.78, 5) is 8.77. The molecule has 1 aromatic rings. The van der Waals surface area contributed by atoms with Gasteiger partial charge in [-0.15, -0.1) is 11.3 Å². The molecule has 2 heterocycles. The fraction of sp³-hybridized carbons (Fsp3) is 0.812. The van der Waals surface area contributed by atoms with E-state index >= 15 is 0 Å². The number of likely N-dealkylation sites (tertiary alicyclic amines) is 1. The van der Waals surface area contributed by atoms with Gasteiger partial charge < -0.3 is 5.32 Å². The van der Waals surface area contributed by atoms with E-state index in [1.54, 1.807) is 0 Å². The molecule has 0 saturated carbocycles. The van der Waals surface area contributed by atoms with Crippen LogP contribution in [0.4, 0.5) is 0 Å². The van der Waals surface area contributed by atoms with Crippen LogP contribution >= 0.6 is 11.3 Å². The second-order valence-corrected chi connectivity index (χ2v) is 7.16. The summed E-state index contributed by atoms with van der Waals surface area (Å²) in [5.41, 5.74) is 1.22. The number of nitrogens with one attached hydrogen (secondary N) is 1. The fourth-order valence-electron chi connectivity index (χ4n) is 2.62. The molecule has 1 aliphatic heterocycles. The number of rotatable bonds is 6. The maximum absolute atomic E-state index is 4.78. The fourth-order valence-corrected chi connectivity index (χ4v) is 3.68. The largest absolute Gasteiger partial charge is 0.309 e. The molecule has 3 nitrogen and oxygen atoms in total. The Bertz CT molecular complexity index is 394. The van der Waals surface area contributed by atoms with Crippen LogP contribution in [0.25, 0.3) is 0 Å². The molecule has 2 rings (SSSR count). The number of hydrogen-bond donors (Lipinski definition) is 1. The molecule has 0 amide bonds. The van der Waals surface area contributed by atoms with E-state index < -0.39 is 0 Å². The van der Waals surface area contributed by atoms with E-state index in [0.29, 0.717) is 6.04 Å². The Labute approximate surface area is 127 Å². The minimum atomic E-state index is 0.588. The van der Waals surface area contributed by atoms with Crippen molar-refractivity contribution in [3.63, 3.8) is 0 Å². The second kappa shape index (κ2) is 8.11. The maximum Gasteiger partial charge on any atom is 0.107 e. The average Bonchev–Trinajstić information content (AvgIpc) is 2.65. The van der Waals surface area contributed by atoms with E-state index in [1.807, 2.05) is 11.3 Å². The molecule has 0 radical (unpaired) electrons. The zero-order valence-corrected chi connectivity index (χ0v) is 14.1. The van der Waals surface area contributed by atoms with Gasteiger partial charge in [0.25, 0.3) is 0 Å². The number of hydrogen-bond acceptors (Lipinski definition) is 4. The summed E-state index contributed by atoms with van der Waals surface area (Å²) in [6.07, 6.45) is 6.69. The van der Waals surface area contributed by atoms with Crippen molar-refractivity contribution in [3.05, 3.63) is 15.6 Å². The highest BCUT2D eigenvalue weighted by Gasteiger charge is 2.13. The summed E-state index contributed by atoms with van der Waals surface area (Å²) in [5.74, 6) is 0. The van der Waals surface area contributed by atoms with Crippen LogP contribution in [0.15, 0.2) is 0 Å². The minimum absolute atomic E-state index is 0.588. The van der Waals surface area contributed by atoms with Crippen molar-refractivity contribution in [2.24, 2.45) is 0 Å². The Kier molecular flexibility index (Phi) is 6.46. The molecule has 20 heavy (non-hydrogen) atoms. The molecule has 4 heteroatoms. The van der Waals surface area contributed by atoms with Crippen LogP contribution < -0.4 is 5.32 Å². The topological polar surface area (TPSA) is 28.2 Å². The van der Waals surface area contributed by atoms with E-state index in [-0.39, 0.29) is 0 Å². The van der Waals surface area contributed by atoms with Gasteiger partial charge in [-0.05, 0) is 46.2 Å². The number of aryl methyl sites for hydroxylation is 1. The highest BCUT2D eigenvalue weighted by Crippen LogP contribution is 2.21. The van der Waals surface area contributed by atoms with Crippen LogP contribution in [0.3, 0.4) is 0 Å². The van der Waals surface area contributed by atoms with Gasteiger partial charge in [0, 0.05) is 17.5 Å². The molecule has 1 aromatic heterocycles. The summed E-state index contributed by atoms with van der Waals surface area (Å²) < 4.78 is 0. The van der Waals surface area contributed by atoms with Crippen molar-refractivity contribution in [3.8, 4) is 0 Å². The van der Waals surface area contributed by atoms with Gasteiger partial charge in [0.2, 0.25) is 0 Å². The summed E-state index contributed by atoms with van der Waals surface area (Å²) in [6.45, 7) is 11.1. The zero-order chi connectivity index (χ0) is 14.4. The van der Waals surface area contributed by atoms with Gasteiger partial charge in [0.05, 0.1) is 12.2 Å². The SMILES string of the molecule is CCC(C)NCc1sc(CN2CCCCCC2)nc1C. The number of nitrogens with zero attached hydrogens (tertiary/aromatic N) is 2. The van der Waals surface area contributed by atoms with E-state index in [1.165, 1.54) is 60.8 Å². The van der Waals surface area contributed by atoms with Crippen LogP contribution in [0.5, 0.6) is 0 Å². The van der Waals surface area contributed by atoms with Gasteiger partial charge in [-0.25, -0.2) is 4.98 Å². The molecule has 1 unspecified atom stereocenters. The Morgan fingerprint density at radius 3 is 2.60 bits per heavy atom. The average molecular weight is 295 g/mol. The lowest BCUT2D eigenvalue weighted by Gasteiger charge is -2.17. The minimum Gasteiger partial charge on any atom is -0.309 e. The highest BCUT2D eigenvalue weighted by molar-refractivity contribution is 7.11.